The molecule has 1 aliphatic carbocycles. The molecular weight excluding hydrogens is 672 g/mol. The number of fused-ring (bicyclic) bond motifs is 3. The van der Waals surface area contributed by atoms with Crippen LogP contribution in [0.4, 0.5) is 5.69 Å². The summed E-state index contributed by atoms with van der Waals surface area (Å²) in [6.07, 6.45) is 10.9. The summed E-state index contributed by atoms with van der Waals surface area (Å²) in [5, 5.41) is 4.88. The average molecular weight is 721 g/mol. The van der Waals surface area contributed by atoms with Crippen molar-refractivity contribution in [3.8, 4) is 5.75 Å². The molecule has 3 aliphatic rings. The number of nitrogens with zero attached hydrogens (tertiary/aromatic N) is 4. The van der Waals surface area contributed by atoms with Crippen LogP contribution in [-0.2, 0) is 44.6 Å². The first-order valence-corrected chi connectivity index (χ1v) is 20.0. The van der Waals surface area contributed by atoms with Crippen LogP contribution in [0, 0.1) is 11.8 Å². The number of hydrogen-bond donors (Lipinski definition) is 0. The van der Waals surface area contributed by atoms with Gasteiger partial charge in [-0.1, -0.05) is 50.1 Å². The molecule has 9 nitrogen and oxygen atoms in total. The molecule has 3 heterocycles. The van der Waals surface area contributed by atoms with Gasteiger partial charge in [0.1, 0.15) is 5.75 Å². The van der Waals surface area contributed by atoms with Crippen molar-refractivity contribution >= 4 is 38.7 Å². The maximum absolute atomic E-state index is 14.4. The molecule has 0 saturated heterocycles. The number of carbonyl (C=O) groups excluding carboxylic acids is 2. The van der Waals surface area contributed by atoms with Gasteiger partial charge >= 0.3 is 0 Å². The molecule has 11 heteroatoms. The smallest absolute Gasteiger partial charge is 0.285 e. The first kappa shape index (κ1) is 36.3. The van der Waals surface area contributed by atoms with E-state index in [4.69, 9.17) is 21.1 Å². The van der Waals surface area contributed by atoms with Crippen LogP contribution < -0.4 is 9.64 Å². The molecule has 0 N–H and O–H groups in total. The van der Waals surface area contributed by atoms with Crippen molar-refractivity contribution in [2.45, 2.75) is 70.3 Å². The number of anilines is 1. The maximum atomic E-state index is 14.4. The molecule has 0 fully saturated rings. The zero-order valence-corrected chi connectivity index (χ0v) is 31.2. The SMILES string of the molecule is CC[C@H]1CN2C[C@@]3(CCCc4cc(Cl)ccc43)COc3ccc(cc32)C(=O)N=[S@](=O)(CC(=O)Cc2ccnn2C)CCC/C=C/[C@H](OC)[C@@H]1C. The number of benzene rings is 2. The lowest BCUT2D eigenvalue weighted by Crippen LogP contribution is -2.47. The largest absolute Gasteiger partial charge is 0.490 e. The standard InChI is InChI=1S/C39H49ClN4O5S/c1-5-28-23-44-25-39(17-9-10-29-20-31(40)13-14-34(29)39)26-49-37-15-12-30(21-35(37)44)38(46)42-50(47,19-8-6-7-11-36(48-4)27(28)2)24-33(45)22-32-16-18-41-43(32)3/h7,11-16,18,20-21,27-28,36H,5-6,8-10,17,19,22-26H2,1-4H3/b11-7+/t27-,28+,36+,39+,50-/m1/s1. The minimum absolute atomic E-state index is 0.0747. The third-order valence-electron chi connectivity index (χ3n) is 10.9. The highest BCUT2D eigenvalue weighted by molar-refractivity contribution is 7.94. The molecule has 3 aromatic rings. The summed E-state index contributed by atoms with van der Waals surface area (Å²) in [4.78, 5) is 29.5. The van der Waals surface area contributed by atoms with Gasteiger partial charge in [-0.05, 0) is 91.5 Å². The van der Waals surface area contributed by atoms with Crippen LogP contribution in [0.2, 0.25) is 5.02 Å². The van der Waals surface area contributed by atoms with Gasteiger partial charge in [0.15, 0.2) is 5.78 Å². The van der Waals surface area contributed by atoms with Crippen LogP contribution in [0.5, 0.6) is 5.75 Å². The van der Waals surface area contributed by atoms with E-state index in [2.05, 4.69) is 52.5 Å². The van der Waals surface area contributed by atoms with Crippen molar-refractivity contribution in [2.75, 3.05) is 43.2 Å². The Balaban J connectivity index is 1.42. The highest BCUT2D eigenvalue weighted by atomic mass is 35.5. The van der Waals surface area contributed by atoms with Crippen molar-refractivity contribution < 1.29 is 23.3 Å². The van der Waals surface area contributed by atoms with Crippen molar-refractivity contribution in [3.63, 3.8) is 0 Å². The Kier molecular flexibility index (Phi) is 11.2. The molecular formula is C39H49ClN4O5S. The predicted octanol–water partition coefficient (Wildman–Crippen LogP) is 6.99. The molecule has 6 rings (SSSR count). The van der Waals surface area contributed by atoms with Crippen molar-refractivity contribution in [2.24, 2.45) is 23.2 Å². The highest BCUT2D eigenvalue weighted by Crippen LogP contribution is 2.45. The third kappa shape index (κ3) is 7.87. The quantitative estimate of drug-likeness (QED) is 0.253. The summed E-state index contributed by atoms with van der Waals surface area (Å²) in [6, 6.07) is 13.4. The molecule has 1 spiro atoms. The van der Waals surface area contributed by atoms with Crippen molar-refractivity contribution in [1.82, 2.24) is 9.78 Å². The molecule has 0 unspecified atom stereocenters. The number of hydrogen-bond acceptors (Lipinski definition) is 7. The van der Waals surface area contributed by atoms with Gasteiger partial charge in [-0.15, -0.1) is 0 Å². The van der Waals surface area contributed by atoms with E-state index in [0.29, 0.717) is 37.3 Å². The zero-order chi connectivity index (χ0) is 35.5. The molecule has 0 saturated carbocycles. The second-order valence-corrected chi connectivity index (χ2v) is 17.1. The van der Waals surface area contributed by atoms with Crippen LogP contribution in [0.3, 0.4) is 0 Å². The number of aryl methyl sites for hydroxylation is 2. The summed E-state index contributed by atoms with van der Waals surface area (Å²) in [7, 11) is 0.319. The van der Waals surface area contributed by atoms with Gasteiger partial charge in [0.25, 0.3) is 5.91 Å². The van der Waals surface area contributed by atoms with Crippen LogP contribution in [0.25, 0.3) is 0 Å². The summed E-state index contributed by atoms with van der Waals surface area (Å²) in [5.74, 6) is 0.210. The fraction of sp³-hybridized carbons (Fsp3) is 0.513. The number of carbonyl (C=O) groups is 2. The molecule has 1 amide bonds. The van der Waals surface area contributed by atoms with Gasteiger partial charge in [0, 0.05) is 67.3 Å². The molecule has 50 heavy (non-hydrogen) atoms. The van der Waals surface area contributed by atoms with Crippen molar-refractivity contribution in [1.29, 1.82) is 0 Å². The minimum Gasteiger partial charge on any atom is -0.490 e. The van der Waals surface area contributed by atoms with Crippen molar-refractivity contribution in [3.05, 3.63) is 88.2 Å². The number of ether oxygens (including phenoxy) is 2. The lowest BCUT2D eigenvalue weighted by Gasteiger charge is -2.42. The summed E-state index contributed by atoms with van der Waals surface area (Å²) in [6.45, 7) is 6.42. The Morgan fingerprint density at radius 2 is 2.02 bits per heavy atom. The number of amides is 1. The van der Waals surface area contributed by atoms with E-state index < -0.39 is 15.6 Å². The monoisotopic (exact) mass is 720 g/mol. The first-order chi connectivity index (χ1) is 24.0. The molecule has 5 atom stereocenters. The number of allylic oxidation sites excluding steroid dienone is 1. The second kappa shape index (κ2) is 15.4. The Labute approximate surface area is 301 Å². The van der Waals surface area contributed by atoms with E-state index in [1.807, 2.05) is 18.2 Å². The number of rotatable bonds is 6. The lowest BCUT2D eigenvalue weighted by molar-refractivity contribution is -0.116. The average Bonchev–Trinajstić information content (AvgIpc) is 3.42. The topological polar surface area (TPSA) is 103 Å². The summed E-state index contributed by atoms with van der Waals surface area (Å²) >= 11 is 6.46. The Bertz CT molecular complexity index is 1880. The van der Waals surface area contributed by atoms with Crippen LogP contribution in [0.1, 0.15) is 73.1 Å². The number of aromatic nitrogens is 2. The third-order valence-corrected chi connectivity index (χ3v) is 13.3. The Morgan fingerprint density at radius 1 is 1.18 bits per heavy atom. The molecule has 1 aromatic heterocycles. The highest BCUT2D eigenvalue weighted by Gasteiger charge is 2.42. The zero-order valence-electron chi connectivity index (χ0n) is 29.6. The van der Waals surface area contributed by atoms with Gasteiger partial charge < -0.3 is 14.4 Å². The summed E-state index contributed by atoms with van der Waals surface area (Å²) in [5.41, 5.74) is 4.15. The second-order valence-electron chi connectivity index (χ2n) is 14.3. The van der Waals surface area contributed by atoms with Gasteiger partial charge in [-0.3, -0.25) is 14.3 Å². The van der Waals surface area contributed by atoms with Crippen LogP contribution in [0.15, 0.2) is 65.2 Å². The Hall–Kier alpha value is -3.47. The summed E-state index contributed by atoms with van der Waals surface area (Å²) < 4.78 is 33.0. The fourth-order valence-corrected chi connectivity index (χ4v) is 10.1. The molecule has 2 aliphatic heterocycles. The predicted molar refractivity (Wildman–Crippen MR) is 199 cm³/mol. The maximum Gasteiger partial charge on any atom is 0.285 e. The lowest BCUT2D eigenvalue weighted by atomic mass is 9.70. The van der Waals surface area contributed by atoms with E-state index in [1.165, 1.54) is 11.1 Å². The number of Topliss-reactive ketones (excluding diaryl/α,β-unsaturated/α-hetero) is 1. The van der Waals surface area contributed by atoms with E-state index in [1.54, 1.807) is 37.2 Å². The van der Waals surface area contributed by atoms with E-state index in [9.17, 15) is 13.8 Å². The van der Waals surface area contributed by atoms with Crippen LogP contribution in [-0.4, -0.2) is 70.1 Å². The molecule has 2 aromatic carbocycles. The van der Waals surface area contributed by atoms with E-state index >= 15 is 0 Å². The van der Waals surface area contributed by atoms with E-state index in [0.717, 1.165) is 48.6 Å². The minimum atomic E-state index is -3.20. The van der Waals surface area contributed by atoms with Gasteiger partial charge in [0.05, 0.1) is 33.9 Å². The normalized spacial score (nSPS) is 27.9. The Morgan fingerprint density at radius 3 is 2.78 bits per heavy atom. The van der Waals surface area contributed by atoms with Gasteiger partial charge in [-0.25, -0.2) is 4.21 Å². The molecule has 2 bridgehead atoms. The van der Waals surface area contributed by atoms with Gasteiger partial charge in [-0.2, -0.15) is 9.46 Å². The van der Waals surface area contributed by atoms with Gasteiger partial charge in [0.2, 0.25) is 0 Å². The number of halogens is 1. The molecule has 0 radical (unpaired) electrons. The van der Waals surface area contributed by atoms with Crippen LogP contribution >= 0.6 is 11.6 Å². The number of ketones is 1. The first-order valence-electron chi connectivity index (χ1n) is 17.8. The molecule has 268 valence electrons. The number of methoxy groups -OCH3 is 1. The fourth-order valence-electron chi connectivity index (χ4n) is 8.02. The van der Waals surface area contributed by atoms with E-state index in [-0.39, 0.29) is 47.1 Å².